The number of piperidine rings is 1. The Hall–Kier alpha value is -3.65. The van der Waals surface area contributed by atoms with Gasteiger partial charge in [-0.15, -0.1) is 0 Å². The number of nitrogens with zero attached hydrogens (tertiary/aromatic N) is 5. The first-order chi connectivity index (χ1) is 16.5. The number of rotatable bonds is 6. The summed E-state index contributed by atoms with van der Waals surface area (Å²) in [5, 5.41) is 15.8. The topological polar surface area (TPSA) is 78.9 Å². The molecule has 4 aromatic rings. The van der Waals surface area contributed by atoms with E-state index in [1.165, 1.54) is 6.07 Å². The van der Waals surface area contributed by atoms with Crippen LogP contribution in [0, 0.1) is 18.7 Å². The second-order valence-electron chi connectivity index (χ2n) is 9.04. The first-order valence-electron chi connectivity index (χ1n) is 11.6. The molecular weight excluding hydrogens is 429 g/mol. The molecule has 2 aromatic heterocycles. The Labute approximate surface area is 198 Å². The number of hydrogen-bond donors (Lipinski definition) is 2. The Balaban J connectivity index is 1.33. The molecule has 1 aliphatic heterocycles. The largest absolute Gasteiger partial charge is 0.338 e. The number of nitrogens with one attached hydrogen (secondary N) is 2. The molecule has 0 amide bonds. The summed E-state index contributed by atoms with van der Waals surface area (Å²) in [7, 11) is 2.15. The van der Waals surface area contributed by atoms with Crippen LogP contribution >= 0.6 is 0 Å². The summed E-state index contributed by atoms with van der Waals surface area (Å²) in [6.07, 6.45) is 6.51. The van der Waals surface area contributed by atoms with Gasteiger partial charge < -0.3 is 15.5 Å². The molecule has 0 spiro atoms. The minimum Gasteiger partial charge on any atom is -0.338 e. The Bertz CT molecular complexity index is 1300. The van der Waals surface area contributed by atoms with Crippen molar-refractivity contribution in [3.8, 4) is 0 Å². The molecule has 1 fully saturated rings. The van der Waals surface area contributed by atoms with Crippen LogP contribution in [-0.2, 0) is 6.42 Å². The summed E-state index contributed by atoms with van der Waals surface area (Å²) in [6, 6.07) is 12.9. The van der Waals surface area contributed by atoms with E-state index in [9.17, 15) is 4.39 Å². The van der Waals surface area contributed by atoms with Crippen LogP contribution in [0.25, 0.3) is 10.9 Å². The number of aryl methyl sites for hydroxylation is 1. The lowest BCUT2D eigenvalue weighted by atomic mass is 9.90. The molecule has 5 rings (SSSR count). The van der Waals surface area contributed by atoms with Gasteiger partial charge in [0, 0.05) is 17.3 Å². The van der Waals surface area contributed by atoms with Gasteiger partial charge in [-0.05, 0) is 87.6 Å². The van der Waals surface area contributed by atoms with Gasteiger partial charge in [0.15, 0.2) is 0 Å². The average Bonchev–Trinajstić information content (AvgIpc) is 2.81. The molecule has 1 saturated heterocycles. The van der Waals surface area contributed by atoms with Crippen LogP contribution in [0.4, 0.5) is 27.5 Å². The van der Waals surface area contributed by atoms with E-state index in [0.29, 0.717) is 23.4 Å². The van der Waals surface area contributed by atoms with Gasteiger partial charge in [0.1, 0.15) is 11.6 Å². The Morgan fingerprint density at radius 1 is 1.09 bits per heavy atom. The number of halogens is 1. The lowest BCUT2D eigenvalue weighted by Gasteiger charge is -2.29. The SMILES string of the molecule is Cc1cccc2c(Nc3ccnc(Nc4cc(F)cc(CC5CCN(C)CC5)c4)n3)cnnc12. The maximum Gasteiger partial charge on any atom is 0.229 e. The number of anilines is 4. The maximum atomic E-state index is 14.4. The van der Waals surface area contributed by atoms with E-state index >= 15 is 0 Å². The van der Waals surface area contributed by atoms with Crippen LogP contribution < -0.4 is 10.6 Å². The van der Waals surface area contributed by atoms with Crippen molar-refractivity contribution in [1.82, 2.24) is 25.1 Å². The highest BCUT2D eigenvalue weighted by Crippen LogP contribution is 2.27. The van der Waals surface area contributed by atoms with Gasteiger partial charge in [0.2, 0.25) is 5.95 Å². The number of aromatic nitrogens is 4. The van der Waals surface area contributed by atoms with Crippen molar-refractivity contribution < 1.29 is 4.39 Å². The minimum absolute atomic E-state index is 0.257. The van der Waals surface area contributed by atoms with Crippen LogP contribution in [0.15, 0.2) is 54.9 Å². The highest BCUT2D eigenvalue weighted by atomic mass is 19.1. The highest BCUT2D eigenvalue weighted by Gasteiger charge is 2.17. The van der Waals surface area contributed by atoms with E-state index < -0.39 is 0 Å². The zero-order valence-electron chi connectivity index (χ0n) is 19.4. The smallest absolute Gasteiger partial charge is 0.229 e. The van der Waals surface area contributed by atoms with Gasteiger partial charge in [-0.3, -0.25) is 0 Å². The zero-order valence-corrected chi connectivity index (χ0v) is 19.4. The molecule has 8 heteroatoms. The molecule has 2 aromatic carbocycles. The van der Waals surface area contributed by atoms with Gasteiger partial charge in [-0.25, -0.2) is 9.37 Å². The first-order valence-corrected chi connectivity index (χ1v) is 11.6. The lowest BCUT2D eigenvalue weighted by molar-refractivity contribution is 0.219. The third kappa shape index (κ3) is 5.12. The van der Waals surface area contributed by atoms with Crippen molar-refractivity contribution in [2.45, 2.75) is 26.2 Å². The van der Waals surface area contributed by atoms with Crippen molar-refractivity contribution in [1.29, 1.82) is 0 Å². The molecule has 174 valence electrons. The van der Waals surface area contributed by atoms with Crippen molar-refractivity contribution in [2.75, 3.05) is 30.8 Å². The van der Waals surface area contributed by atoms with Crippen LogP contribution in [0.2, 0.25) is 0 Å². The summed E-state index contributed by atoms with van der Waals surface area (Å²) in [6.45, 7) is 4.20. The third-order valence-electron chi connectivity index (χ3n) is 6.37. The average molecular weight is 458 g/mol. The maximum absolute atomic E-state index is 14.4. The molecular formula is C26H28FN7. The summed E-state index contributed by atoms with van der Waals surface area (Å²) in [5.74, 6) is 1.33. The van der Waals surface area contributed by atoms with E-state index in [1.807, 2.05) is 31.2 Å². The fourth-order valence-corrected chi connectivity index (χ4v) is 4.52. The fraction of sp³-hybridized carbons (Fsp3) is 0.308. The Morgan fingerprint density at radius 3 is 2.79 bits per heavy atom. The molecule has 0 saturated carbocycles. The summed E-state index contributed by atoms with van der Waals surface area (Å²) >= 11 is 0. The number of hydrogen-bond acceptors (Lipinski definition) is 7. The predicted octanol–water partition coefficient (Wildman–Crippen LogP) is 5.24. The van der Waals surface area contributed by atoms with E-state index in [4.69, 9.17) is 0 Å². The first kappa shape index (κ1) is 22.2. The van der Waals surface area contributed by atoms with Gasteiger partial charge in [0.05, 0.1) is 17.4 Å². The van der Waals surface area contributed by atoms with Crippen molar-refractivity contribution in [3.63, 3.8) is 0 Å². The Morgan fingerprint density at radius 2 is 1.94 bits per heavy atom. The van der Waals surface area contributed by atoms with E-state index in [-0.39, 0.29) is 5.82 Å². The molecule has 0 aliphatic carbocycles. The number of fused-ring (bicyclic) bond motifs is 1. The number of likely N-dealkylation sites (tertiary alicyclic amines) is 1. The normalized spacial score (nSPS) is 14.9. The standard InChI is InChI=1S/C26H28FN7/c1-17-4-3-5-22-23(16-29-33-25(17)22)31-24-6-9-28-26(32-24)30-21-14-19(13-20(27)15-21)12-18-7-10-34(2)11-8-18/h3-6,9,13-16,18H,7-8,10-12H2,1-2H3,(H2,28,30,31,32,33). The molecule has 2 N–H and O–H groups in total. The van der Waals surface area contributed by atoms with Crippen LogP contribution in [0.3, 0.4) is 0 Å². The van der Waals surface area contributed by atoms with Crippen LogP contribution in [-0.4, -0.2) is 45.2 Å². The molecule has 0 unspecified atom stereocenters. The zero-order chi connectivity index (χ0) is 23.5. The quantitative estimate of drug-likeness (QED) is 0.410. The molecule has 0 bridgehead atoms. The van der Waals surface area contributed by atoms with Crippen molar-refractivity contribution in [3.05, 3.63) is 71.8 Å². The van der Waals surface area contributed by atoms with Crippen LogP contribution in [0.5, 0.6) is 0 Å². The van der Waals surface area contributed by atoms with Gasteiger partial charge in [-0.2, -0.15) is 15.2 Å². The van der Waals surface area contributed by atoms with E-state index in [2.05, 4.69) is 42.7 Å². The van der Waals surface area contributed by atoms with Crippen molar-refractivity contribution >= 4 is 34.0 Å². The summed E-state index contributed by atoms with van der Waals surface area (Å²) in [5.41, 5.74) is 4.35. The van der Waals surface area contributed by atoms with Gasteiger partial charge in [-0.1, -0.05) is 18.2 Å². The predicted molar refractivity (Wildman–Crippen MR) is 133 cm³/mol. The van der Waals surface area contributed by atoms with Crippen LogP contribution in [0.1, 0.15) is 24.0 Å². The lowest BCUT2D eigenvalue weighted by Crippen LogP contribution is -2.30. The molecule has 7 nitrogen and oxygen atoms in total. The second-order valence-corrected chi connectivity index (χ2v) is 9.04. The van der Waals surface area contributed by atoms with Gasteiger partial charge >= 0.3 is 0 Å². The van der Waals surface area contributed by atoms with Gasteiger partial charge in [0.25, 0.3) is 0 Å². The monoisotopic (exact) mass is 457 g/mol. The van der Waals surface area contributed by atoms with E-state index in [1.54, 1.807) is 24.5 Å². The molecule has 0 atom stereocenters. The van der Waals surface area contributed by atoms with E-state index in [0.717, 1.165) is 60.1 Å². The molecule has 0 radical (unpaired) electrons. The third-order valence-corrected chi connectivity index (χ3v) is 6.37. The summed E-state index contributed by atoms with van der Waals surface area (Å²) in [4.78, 5) is 11.2. The number of benzene rings is 2. The minimum atomic E-state index is -0.257. The highest BCUT2D eigenvalue weighted by molar-refractivity contribution is 5.93. The molecule has 3 heterocycles. The second kappa shape index (κ2) is 9.69. The molecule has 34 heavy (non-hydrogen) atoms. The fourth-order valence-electron chi connectivity index (χ4n) is 4.52. The molecule has 1 aliphatic rings. The van der Waals surface area contributed by atoms with Crippen molar-refractivity contribution in [2.24, 2.45) is 5.92 Å². The summed E-state index contributed by atoms with van der Waals surface area (Å²) < 4.78 is 14.4. The Kier molecular flexibility index (Phi) is 6.31.